The van der Waals surface area contributed by atoms with Gasteiger partial charge in [-0.2, -0.15) is 0 Å². The molecule has 6 aliphatic heterocycles. The highest BCUT2D eigenvalue weighted by atomic mass is 16.8. The lowest BCUT2D eigenvalue weighted by atomic mass is 9.94. The second-order valence-electron chi connectivity index (χ2n) is 32.1. The summed E-state index contributed by atoms with van der Waals surface area (Å²) in [7, 11) is 0. The van der Waals surface area contributed by atoms with E-state index < -0.39 is 254 Å². The third-order valence-electron chi connectivity index (χ3n) is 22.7. The van der Waals surface area contributed by atoms with Crippen LogP contribution in [-0.4, -0.2) is 352 Å². The standard InChI is InChI=1S/C80H145N3O33/c1-5-7-9-11-13-15-17-19-20-21-22-23-24-26-28-30-32-34-36-38-56(93)83-48(49(92)37-35-33-31-29-27-25-18-16-14-12-10-8-6-2)45-105-77-67(102)65(100)71(54(43-88)110-77)113-80-69(104)74(72(55(44-89)111-80)114-75-57(81-46(3)90)62(97)59(94)50(39-84)106-75)116-79-68(103)73(61(96)52(41-86)108-79)115-76-58(82-47(4)91)63(98)70(53(42-87)109-76)112-78-66(101)64(99)60(95)51(40-85)107-78/h35,37,48-55,57-80,84-89,92,94-104H,5-34,36,38-45H2,1-4H3,(H,81,90)(H,82,91)(H,83,93)/b37-35+/t48-,49+,50?,51?,52?,53?,54?,55?,57?,58?,59-,60-,61-,62+,63+,64-,65+,66?,67?,68?,69?,70+,71+,72-,73-,74+,75-,76-,77+,78-,79+,80-/m0/s1. The van der Waals surface area contributed by atoms with Crippen molar-refractivity contribution in [1.29, 1.82) is 0 Å². The minimum Gasteiger partial charge on any atom is -0.394 e. The van der Waals surface area contributed by atoms with E-state index in [-0.39, 0.29) is 12.3 Å². The van der Waals surface area contributed by atoms with Crippen LogP contribution >= 0.6 is 0 Å². The molecule has 3 amide bonds. The Balaban J connectivity index is 1.17. The molecule has 6 fully saturated rings. The molecule has 36 nitrogen and oxygen atoms in total. The highest BCUT2D eigenvalue weighted by Gasteiger charge is 2.59. The van der Waals surface area contributed by atoms with Crippen molar-refractivity contribution in [2.45, 2.75) is 429 Å². The maximum absolute atomic E-state index is 13.7. The summed E-state index contributed by atoms with van der Waals surface area (Å²) in [5.74, 6) is -2.04. The summed E-state index contributed by atoms with van der Waals surface area (Å²) in [6.07, 6.45) is -17.0. The van der Waals surface area contributed by atoms with Crippen LogP contribution in [0.25, 0.3) is 0 Å². The lowest BCUT2D eigenvalue weighted by molar-refractivity contribution is -0.401. The molecule has 0 aromatic carbocycles. The molecule has 678 valence electrons. The smallest absolute Gasteiger partial charge is 0.220 e. The predicted octanol–water partition coefficient (Wildman–Crippen LogP) is -0.864. The summed E-state index contributed by atoms with van der Waals surface area (Å²) in [6.45, 7) is -0.127. The number of aliphatic hydroxyl groups is 18. The Labute approximate surface area is 682 Å². The molecule has 6 heterocycles. The Bertz CT molecular complexity index is 2670. The van der Waals surface area contributed by atoms with Gasteiger partial charge in [0.05, 0.1) is 58.4 Å². The van der Waals surface area contributed by atoms with Crippen LogP contribution in [0.15, 0.2) is 12.2 Å². The Hall–Kier alpha value is -3.05. The summed E-state index contributed by atoms with van der Waals surface area (Å²) >= 11 is 0. The quantitative estimate of drug-likeness (QED) is 0.0260. The first-order valence-electron chi connectivity index (χ1n) is 43.0. The molecule has 12 unspecified atom stereocenters. The van der Waals surface area contributed by atoms with Crippen molar-refractivity contribution in [2.24, 2.45) is 0 Å². The Morgan fingerprint density at radius 3 is 1.12 bits per heavy atom. The first-order valence-corrected chi connectivity index (χ1v) is 43.0. The number of unbranched alkanes of at least 4 members (excludes halogenated alkanes) is 29. The topological polar surface area (TPSA) is 562 Å². The van der Waals surface area contributed by atoms with Crippen LogP contribution in [0.5, 0.6) is 0 Å². The molecule has 0 bridgehead atoms. The van der Waals surface area contributed by atoms with E-state index in [1.807, 2.05) is 6.08 Å². The Kier molecular flexibility index (Phi) is 48.5. The summed E-state index contributed by atoms with van der Waals surface area (Å²) in [5.41, 5.74) is 0. The van der Waals surface area contributed by atoms with Gasteiger partial charge in [-0.3, -0.25) is 14.4 Å². The zero-order chi connectivity index (χ0) is 84.8. The Morgan fingerprint density at radius 1 is 0.336 bits per heavy atom. The number of nitrogens with one attached hydrogen (secondary N) is 3. The lowest BCUT2D eigenvalue weighted by Gasteiger charge is -2.51. The fourth-order valence-electron chi connectivity index (χ4n) is 15.8. The van der Waals surface area contributed by atoms with Crippen molar-refractivity contribution in [3.8, 4) is 0 Å². The molecule has 6 rings (SSSR count). The largest absolute Gasteiger partial charge is 0.394 e. The maximum atomic E-state index is 13.7. The van der Waals surface area contributed by atoms with E-state index in [1.54, 1.807) is 6.08 Å². The van der Waals surface area contributed by atoms with Crippen LogP contribution in [0.3, 0.4) is 0 Å². The minimum atomic E-state index is -2.37. The van der Waals surface area contributed by atoms with E-state index in [0.29, 0.717) is 12.8 Å². The van der Waals surface area contributed by atoms with E-state index in [1.165, 1.54) is 135 Å². The van der Waals surface area contributed by atoms with Gasteiger partial charge < -0.3 is 165 Å². The van der Waals surface area contributed by atoms with E-state index in [9.17, 15) is 106 Å². The third-order valence-corrected chi connectivity index (χ3v) is 22.7. The van der Waals surface area contributed by atoms with Gasteiger partial charge in [0.1, 0.15) is 146 Å². The van der Waals surface area contributed by atoms with Gasteiger partial charge in [-0.05, 0) is 19.3 Å². The van der Waals surface area contributed by atoms with Crippen molar-refractivity contribution in [2.75, 3.05) is 46.2 Å². The SMILES string of the molecule is CCCCCCCCCCCCC/C=C/[C@@H](O)[C@H](CO[C@@H]1OC(CO)[C@@H](O[C@@H]2OC(CO)[C@H](O[C@@H]3OC(CO)[C@H](O)[C@H](O)C3NC(C)=O)[C@H](O[C@H]3OC(CO)[C@H](O)[C@H](O[C@@H]4OC(CO)[C@@H](O[C@@H]5OC(CO)[C@H](O)[C@H](O)C5O)[C@H](O)C4NC(C)=O)C3O)C2O)[C@H](O)C1O)NC(=O)CCCCCCCCCCCCCCCCCCCCC. The van der Waals surface area contributed by atoms with Gasteiger partial charge in [0.15, 0.2) is 37.7 Å². The number of aliphatic hydroxyl groups excluding tert-OH is 18. The molecule has 0 saturated carbocycles. The second kappa shape index (κ2) is 55.2. The van der Waals surface area contributed by atoms with Crippen LogP contribution in [0.4, 0.5) is 0 Å². The van der Waals surface area contributed by atoms with E-state index in [4.69, 9.17) is 56.8 Å². The number of hydrogen-bond donors (Lipinski definition) is 21. The summed E-state index contributed by atoms with van der Waals surface area (Å²) < 4.78 is 72.0. The molecule has 21 N–H and O–H groups in total. The lowest BCUT2D eigenvalue weighted by Crippen LogP contribution is -2.70. The van der Waals surface area contributed by atoms with Crippen molar-refractivity contribution in [3.05, 3.63) is 12.2 Å². The fraction of sp³-hybridized carbons (Fsp3) is 0.938. The Morgan fingerprint density at radius 2 is 0.664 bits per heavy atom. The van der Waals surface area contributed by atoms with Crippen molar-refractivity contribution < 1.29 is 163 Å². The zero-order valence-electron chi connectivity index (χ0n) is 68.4. The van der Waals surface area contributed by atoms with Crippen molar-refractivity contribution in [1.82, 2.24) is 16.0 Å². The normalized spacial score (nSPS) is 36.3. The predicted molar refractivity (Wildman–Crippen MR) is 412 cm³/mol. The molecule has 6 saturated heterocycles. The van der Waals surface area contributed by atoms with E-state index in [2.05, 4.69) is 29.8 Å². The minimum absolute atomic E-state index is 0.150. The van der Waals surface area contributed by atoms with Gasteiger partial charge in [-0.1, -0.05) is 206 Å². The van der Waals surface area contributed by atoms with Crippen LogP contribution < -0.4 is 16.0 Å². The summed E-state index contributed by atoms with van der Waals surface area (Å²) in [4.78, 5) is 39.1. The first-order chi connectivity index (χ1) is 55.8. The number of allylic oxidation sites excluding steroid dienone is 1. The molecule has 0 aliphatic carbocycles. The van der Waals surface area contributed by atoms with Gasteiger partial charge in [-0.25, -0.2) is 0 Å². The summed E-state index contributed by atoms with van der Waals surface area (Å²) in [6, 6.07) is -4.65. The zero-order valence-corrected chi connectivity index (χ0v) is 68.4. The van der Waals surface area contributed by atoms with Crippen LogP contribution in [0.1, 0.15) is 233 Å². The van der Waals surface area contributed by atoms with Crippen molar-refractivity contribution >= 4 is 17.7 Å². The number of ether oxygens (including phenoxy) is 12. The molecule has 36 heteroatoms. The van der Waals surface area contributed by atoms with E-state index >= 15 is 0 Å². The average molecular weight is 1680 g/mol. The molecule has 0 spiro atoms. The highest BCUT2D eigenvalue weighted by Crippen LogP contribution is 2.39. The monoisotopic (exact) mass is 1680 g/mol. The molecular formula is C80H145N3O33. The maximum Gasteiger partial charge on any atom is 0.220 e. The number of carbonyl (C=O) groups excluding carboxylic acids is 3. The molecule has 0 aromatic rings. The van der Waals surface area contributed by atoms with Gasteiger partial charge >= 0.3 is 0 Å². The van der Waals surface area contributed by atoms with Crippen LogP contribution in [0.2, 0.25) is 0 Å². The second-order valence-corrected chi connectivity index (χ2v) is 32.1. The molecule has 6 aliphatic rings. The van der Waals surface area contributed by atoms with Crippen LogP contribution in [-0.2, 0) is 71.2 Å². The van der Waals surface area contributed by atoms with Gasteiger partial charge in [0, 0.05) is 20.3 Å². The molecule has 116 heavy (non-hydrogen) atoms. The first kappa shape index (κ1) is 102. The molecule has 0 radical (unpaired) electrons. The third kappa shape index (κ3) is 31.6. The van der Waals surface area contributed by atoms with Crippen molar-refractivity contribution in [3.63, 3.8) is 0 Å². The number of carbonyl (C=O) groups is 3. The van der Waals surface area contributed by atoms with Gasteiger partial charge in [0.25, 0.3) is 0 Å². The van der Waals surface area contributed by atoms with Gasteiger partial charge in [-0.15, -0.1) is 0 Å². The van der Waals surface area contributed by atoms with E-state index in [0.717, 1.165) is 65.2 Å². The highest BCUT2D eigenvalue weighted by molar-refractivity contribution is 5.76. The fourth-order valence-corrected chi connectivity index (χ4v) is 15.8. The number of hydrogen-bond acceptors (Lipinski definition) is 33. The summed E-state index contributed by atoms with van der Waals surface area (Å²) in [5, 5.41) is 209. The van der Waals surface area contributed by atoms with Crippen LogP contribution in [0, 0.1) is 0 Å². The average Bonchev–Trinajstić information content (AvgIpc) is 0.759. The van der Waals surface area contributed by atoms with Gasteiger partial charge in [0.2, 0.25) is 17.7 Å². The molecular weight excluding hydrogens is 1530 g/mol. The molecule has 32 atom stereocenters. The number of amides is 3. The molecule has 0 aromatic heterocycles. The number of rotatable bonds is 56.